The average molecular weight is 327 g/mol. The van der Waals surface area contributed by atoms with Crippen molar-refractivity contribution in [3.05, 3.63) is 34.3 Å². The second-order valence-electron chi connectivity index (χ2n) is 4.70. The Morgan fingerprint density at radius 1 is 1.38 bits per heavy atom. The van der Waals surface area contributed by atoms with Crippen LogP contribution >= 0.6 is 22.9 Å². The predicted octanol–water partition coefficient (Wildman–Crippen LogP) is 4.59. The minimum absolute atomic E-state index is 0.0426. The summed E-state index contributed by atoms with van der Waals surface area (Å²) in [6, 6.07) is 3.84. The van der Waals surface area contributed by atoms with Gasteiger partial charge in [-0.25, -0.2) is 4.98 Å². The van der Waals surface area contributed by atoms with Crippen LogP contribution in [0.4, 0.5) is 5.13 Å². The Bertz CT molecular complexity index is 573. The number of hydrogen-bond acceptors (Lipinski definition) is 5. The van der Waals surface area contributed by atoms with Crippen molar-refractivity contribution in [1.29, 1.82) is 0 Å². The van der Waals surface area contributed by atoms with E-state index in [1.165, 1.54) is 0 Å². The Hall–Kier alpha value is -1.46. The van der Waals surface area contributed by atoms with E-state index in [1.54, 1.807) is 17.5 Å². The van der Waals surface area contributed by atoms with Crippen molar-refractivity contribution in [2.75, 3.05) is 11.9 Å². The van der Waals surface area contributed by atoms with E-state index in [9.17, 15) is 0 Å². The van der Waals surface area contributed by atoms with E-state index in [0.29, 0.717) is 29.7 Å². The molecule has 0 aliphatic heterocycles. The normalized spacial score (nSPS) is 10.7. The molecule has 114 valence electrons. The first-order valence-corrected chi connectivity index (χ1v) is 8.11. The molecule has 1 aromatic heterocycles. The second-order valence-corrected chi connectivity index (χ2v) is 6.00. The van der Waals surface area contributed by atoms with Crippen LogP contribution in [0.25, 0.3) is 0 Å². The number of benzene rings is 1. The minimum Gasteiger partial charge on any atom is -0.490 e. The second kappa shape index (κ2) is 7.52. The van der Waals surface area contributed by atoms with Gasteiger partial charge in [0.2, 0.25) is 0 Å². The summed E-state index contributed by atoms with van der Waals surface area (Å²) in [6.45, 7) is 7.06. The van der Waals surface area contributed by atoms with Gasteiger partial charge in [0.15, 0.2) is 16.6 Å². The lowest BCUT2D eigenvalue weighted by Gasteiger charge is -2.17. The Morgan fingerprint density at radius 3 is 2.81 bits per heavy atom. The molecule has 6 heteroatoms. The molecular weight excluding hydrogens is 308 g/mol. The van der Waals surface area contributed by atoms with Crippen LogP contribution < -0.4 is 14.8 Å². The molecule has 0 saturated carbocycles. The standard InChI is InChI=1S/C15H19ClN2O2S/c1-4-19-13-8-11(9-18-15-17-5-6-21-15)7-12(16)14(13)20-10(2)3/h5-8,10H,4,9H2,1-3H3,(H,17,18). The van der Waals surface area contributed by atoms with Gasteiger partial charge in [0.25, 0.3) is 0 Å². The fourth-order valence-electron chi connectivity index (χ4n) is 1.82. The minimum atomic E-state index is 0.0426. The monoisotopic (exact) mass is 326 g/mol. The molecule has 2 aromatic rings. The van der Waals surface area contributed by atoms with Gasteiger partial charge in [-0.15, -0.1) is 11.3 Å². The molecule has 0 unspecified atom stereocenters. The van der Waals surface area contributed by atoms with Crippen molar-refractivity contribution >= 4 is 28.1 Å². The Labute approximate surface area is 134 Å². The molecule has 21 heavy (non-hydrogen) atoms. The van der Waals surface area contributed by atoms with Crippen molar-refractivity contribution < 1.29 is 9.47 Å². The molecule has 0 atom stereocenters. The third kappa shape index (κ3) is 4.51. The summed E-state index contributed by atoms with van der Waals surface area (Å²) in [5, 5.41) is 6.62. The summed E-state index contributed by atoms with van der Waals surface area (Å²) in [5.74, 6) is 1.28. The first-order chi connectivity index (χ1) is 10.1. The van der Waals surface area contributed by atoms with E-state index in [-0.39, 0.29) is 6.10 Å². The fourth-order valence-corrected chi connectivity index (χ4v) is 2.63. The molecular formula is C15H19ClN2O2S. The molecule has 0 saturated heterocycles. The summed E-state index contributed by atoms with van der Waals surface area (Å²) >= 11 is 7.89. The smallest absolute Gasteiger partial charge is 0.182 e. The Kier molecular flexibility index (Phi) is 5.70. The van der Waals surface area contributed by atoms with E-state index in [1.807, 2.05) is 38.3 Å². The number of rotatable bonds is 7. The zero-order valence-electron chi connectivity index (χ0n) is 12.4. The van der Waals surface area contributed by atoms with Gasteiger partial charge in [-0.2, -0.15) is 0 Å². The highest BCUT2D eigenvalue weighted by molar-refractivity contribution is 7.13. The number of anilines is 1. The van der Waals surface area contributed by atoms with Crippen LogP contribution in [0.2, 0.25) is 5.02 Å². The molecule has 0 spiro atoms. The number of nitrogens with zero attached hydrogens (tertiary/aromatic N) is 1. The number of aromatic nitrogens is 1. The van der Waals surface area contributed by atoms with Gasteiger partial charge < -0.3 is 14.8 Å². The highest BCUT2D eigenvalue weighted by atomic mass is 35.5. The maximum atomic E-state index is 6.33. The van der Waals surface area contributed by atoms with Gasteiger partial charge in [0, 0.05) is 18.1 Å². The van der Waals surface area contributed by atoms with E-state index in [4.69, 9.17) is 21.1 Å². The van der Waals surface area contributed by atoms with E-state index >= 15 is 0 Å². The SMILES string of the molecule is CCOc1cc(CNc2nccs2)cc(Cl)c1OC(C)C. The summed E-state index contributed by atoms with van der Waals surface area (Å²) in [4.78, 5) is 4.19. The van der Waals surface area contributed by atoms with Crippen molar-refractivity contribution in [3.8, 4) is 11.5 Å². The summed E-state index contributed by atoms with van der Waals surface area (Å²) in [5.41, 5.74) is 1.02. The summed E-state index contributed by atoms with van der Waals surface area (Å²) in [7, 11) is 0. The number of nitrogens with one attached hydrogen (secondary N) is 1. The lowest BCUT2D eigenvalue weighted by atomic mass is 10.2. The van der Waals surface area contributed by atoms with Crippen molar-refractivity contribution in [1.82, 2.24) is 4.98 Å². The first kappa shape index (κ1) is 15.9. The Morgan fingerprint density at radius 2 is 2.19 bits per heavy atom. The zero-order valence-corrected chi connectivity index (χ0v) is 13.9. The maximum Gasteiger partial charge on any atom is 0.182 e. The predicted molar refractivity (Wildman–Crippen MR) is 87.8 cm³/mol. The number of thiazole rings is 1. The molecule has 0 bridgehead atoms. The van der Waals surface area contributed by atoms with Gasteiger partial charge in [-0.3, -0.25) is 0 Å². The van der Waals surface area contributed by atoms with Gasteiger partial charge in [-0.05, 0) is 38.5 Å². The third-order valence-electron chi connectivity index (χ3n) is 2.60. The van der Waals surface area contributed by atoms with Crippen LogP contribution in [0.3, 0.4) is 0 Å². The van der Waals surface area contributed by atoms with Crippen LogP contribution in [0.1, 0.15) is 26.3 Å². The van der Waals surface area contributed by atoms with E-state index in [2.05, 4.69) is 10.3 Å². The van der Waals surface area contributed by atoms with Crippen LogP contribution in [0.15, 0.2) is 23.7 Å². The molecule has 2 rings (SSSR count). The lowest BCUT2D eigenvalue weighted by molar-refractivity contribution is 0.224. The van der Waals surface area contributed by atoms with Crippen molar-refractivity contribution in [2.45, 2.75) is 33.4 Å². The molecule has 4 nitrogen and oxygen atoms in total. The Balaban J connectivity index is 2.18. The van der Waals surface area contributed by atoms with Crippen molar-refractivity contribution in [3.63, 3.8) is 0 Å². The summed E-state index contributed by atoms with van der Waals surface area (Å²) in [6.07, 6.45) is 1.81. The molecule has 1 aromatic carbocycles. The van der Waals surface area contributed by atoms with Crippen LogP contribution in [-0.2, 0) is 6.54 Å². The lowest BCUT2D eigenvalue weighted by Crippen LogP contribution is -2.09. The number of ether oxygens (including phenoxy) is 2. The summed E-state index contributed by atoms with van der Waals surface area (Å²) < 4.78 is 11.4. The van der Waals surface area contributed by atoms with Gasteiger partial charge in [0.1, 0.15) is 0 Å². The van der Waals surface area contributed by atoms with Crippen LogP contribution in [0.5, 0.6) is 11.5 Å². The number of hydrogen-bond donors (Lipinski definition) is 1. The third-order valence-corrected chi connectivity index (χ3v) is 3.61. The average Bonchev–Trinajstić information content (AvgIpc) is 2.93. The topological polar surface area (TPSA) is 43.4 Å². The molecule has 1 heterocycles. The fraction of sp³-hybridized carbons (Fsp3) is 0.400. The quantitative estimate of drug-likeness (QED) is 0.808. The van der Waals surface area contributed by atoms with E-state index < -0.39 is 0 Å². The van der Waals surface area contributed by atoms with Gasteiger partial charge >= 0.3 is 0 Å². The highest BCUT2D eigenvalue weighted by Crippen LogP contribution is 2.37. The molecule has 1 N–H and O–H groups in total. The van der Waals surface area contributed by atoms with Crippen LogP contribution in [-0.4, -0.2) is 17.7 Å². The zero-order chi connectivity index (χ0) is 15.2. The molecule has 0 fully saturated rings. The highest BCUT2D eigenvalue weighted by Gasteiger charge is 2.14. The van der Waals surface area contributed by atoms with Gasteiger partial charge in [-0.1, -0.05) is 11.6 Å². The van der Waals surface area contributed by atoms with Crippen molar-refractivity contribution in [2.24, 2.45) is 0 Å². The molecule has 0 amide bonds. The van der Waals surface area contributed by atoms with Gasteiger partial charge in [0.05, 0.1) is 17.7 Å². The molecule has 0 aliphatic rings. The maximum absolute atomic E-state index is 6.33. The van der Waals surface area contributed by atoms with E-state index in [0.717, 1.165) is 10.7 Å². The largest absolute Gasteiger partial charge is 0.490 e. The molecule has 0 aliphatic carbocycles. The molecule has 0 radical (unpaired) electrons. The van der Waals surface area contributed by atoms with Crippen LogP contribution in [0, 0.1) is 0 Å². The number of halogens is 1. The first-order valence-electron chi connectivity index (χ1n) is 6.85.